The molecule has 3 aromatic rings. The molecule has 3 N–H and O–H groups in total. The lowest BCUT2D eigenvalue weighted by Crippen LogP contribution is -2.25. The largest absolute Gasteiger partial charge is 0.393 e. The number of rotatable bonds is 5. The lowest BCUT2D eigenvalue weighted by atomic mass is 10.2. The normalized spacial score (nSPS) is 15.8. The second kappa shape index (κ2) is 6.88. The van der Waals surface area contributed by atoms with E-state index in [0.29, 0.717) is 42.5 Å². The Morgan fingerprint density at radius 2 is 2.11 bits per heavy atom. The molecule has 0 unspecified atom stereocenters. The minimum atomic E-state index is -3.20. The Hall–Kier alpha value is -3.14. The highest BCUT2D eigenvalue weighted by molar-refractivity contribution is 7.93. The molecular formula is C17H19N7O2S. The van der Waals surface area contributed by atoms with E-state index < -0.39 is 10.0 Å². The number of hydrogen-bond donors (Lipinski definition) is 2. The zero-order chi connectivity index (χ0) is 18.9. The van der Waals surface area contributed by atoms with Crippen LogP contribution < -0.4 is 15.4 Å². The SMILES string of the molecule is Nc1c(NCc2cccc(N3CCCS3(=O)=O)c2)ncnc1-n1cccn1. The van der Waals surface area contributed by atoms with E-state index in [9.17, 15) is 8.42 Å². The number of hydrogen-bond acceptors (Lipinski definition) is 7. The summed E-state index contributed by atoms with van der Waals surface area (Å²) in [5.41, 5.74) is 8.16. The van der Waals surface area contributed by atoms with Crippen LogP contribution in [0.25, 0.3) is 5.82 Å². The number of nitrogens with two attached hydrogens (primary N) is 1. The number of benzene rings is 1. The molecule has 0 atom stereocenters. The van der Waals surface area contributed by atoms with Crippen molar-refractivity contribution in [2.24, 2.45) is 0 Å². The summed E-state index contributed by atoms with van der Waals surface area (Å²) in [4.78, 5) is 8.36. The summed E-state index contributed by atoms with van der Waals surface area (Å²) in [5, 5.41) is 7.32. The molecule has 0 bridgehead atoms. The maximum absolute atomic E-state index is 12.1. The summed E-state index contributed by atoms with van der Waals surface area (Å²) >= 11 is 0. The van der Waals surface area contributed by atoms with E-state index in [1.807, 2.05) is 18.2 Å². The molecule has 3 heterocycles. The maximum atomic E-state index is 12.1. The molecule has 4 rings (SSSR count). The van der Waals surface area contributed by atoms with Gasteiger partial charge in [0.25, 0.3) is 0 Å². The van der Waals surface area contributed by atoms with E-state index in [4.69, 9.17) is 5.73 Å². The first-order valence-electron chi connectivity index (χ1n) is 8.48. The zero-order valence-electron chi connectivity index (χ0n) is 14.5. The molecule has 1 fully saturated rings. The Morgan fingerprint density at radius 3 is 2.85 bits per heavy atom. The summed E-state index contributed by atoms with van der Waals surface area (Å²) in [6.45, 7) is 0.965. The van der Waals surface area contributed by atoms with Gasteiger partial charge in [-0.3, -0.25) is 4.31 Å². The van der Waals surface area contributed by atoms with Crippen LogP contribution in [-0.2, 0) is 16.6 Å². The van der Waals surface area contributed by atoms with Crippen LogP contribution in [0.5, 0.6) is 0 Å². The van der Waals surface area contributed by atoms with Crippen molar-refractivity contribution < 1.29 is 8.42 Å². The van der Waals surface area contributed by atoms with Gasteiger partial charge in [0.15, 0.2) is 11.6 Å². The van der Waals surface area contributed by atoms with Crippen LogP contribution in [0.3, 0.4) is 0 Å². The molecule has 0 radical (unpaired) electrons. The first kappa shape index (κ1) is 17.3. The Kier molecular flexibility index (Phi) is 4.40. The Bertz CT molecular complexity index is 1050. The van der Waals surface area contributed by atoms with E-state index in [-0.39, 0.29) is 5.75 Å². The average molecular weight is 385 g/mol. The third kappa shape index (κ3) is 3.43. The second-order valence-electron chi connectivity index (χ2n) is 6.18. The van der Waals surface area contributed by atoms with Crippen molar-refractivity contribution in [2.45, 2.75) is 13.0 Å². The minimum Gasteiger partial charge on any atom is -0.393 e. The average Bonchev–Trinajstić information content (AvgIpc) is 3.30. The van der Waals surface area contributed by atoms with Gasteiger partial charge in [0.2, 0.25) is 10.0 Å². The van der Waals surface area contributed by atoms with Crippen molar-refractivity contribution in [3.05, 3.63) is 54.6 Å². The van der Waals surface area contributed by atoms with E-state index in [1.165, 1.54) is 10.6 Å². The number of nitrogen functional groups attached to an aromatic ring is 1. The zero-order valence-corrected chi connectivity index (χ0v) is 15.3. The predicted molar refractivity (Wildman–Crippen MR) is 103 cm³/mol. The van der Waals surface area contributed by atoms with Gasteiger partial charge in [0, 0.05) is 25.5 Å². The van der Waals surface area contributed by atoms with Crippen LogP contribution in [-0.4, -0.2) is 40.5 Å². The molecular weight excluding hydrogens is 366 g/mol. The first-order chi connectivity index (χ1) is 13.0. The third-order valence-corrected chi connectivity index (χ3v) is 6.21. The maximum Gasteiger partial charge on any atom is 0.235 e. The fourth-order valence-corrected chi connectivity index (χ4v) is 4.60. The highest BCUT2D eigenvalue weighted by Gasteiger charge is 2.28. The van der Waals surface area contributed by atoms with Crippen LogP contribution >= 0.6 is 0 Å². The molecule has 0 amide bonds. The van der Waals surface area contributed by atoms with Gasteiger partial charge >= 0.3 is 0 Å². The first-order valence-corrected chi connectivity index (χ1v) is 10.1. The Labute approximate surface area is 156 Å². The number of anilines is 3. The van der Waals surface area contributed by atoms with Crippen LogP contribution in [0.15, 0.2) is 49.1 Å². The number of aromatic nitrogens is 4. The minimum absolute atomic E-state index is 0.198. The summed E-state index contributed by atoms with van der Waals surface area (Å²) in [7, 11) is -3.20. The molecule has 10 heteroatoms. The van der Waals surface area contributed by atoms with Gasteiger partial charge in [-0.05, 0) is 30.2 Å². The molecule has 2 aromatic heterocycles. The standard InChI is InChI=1S/C17H19N7O2S/c18-15-16(20-12-21-17(15)23-7-2-6-22-23)19-11-13-4-1-5-14(10-13)24-8-3-9-27(24,25)26/h1-2,4-7,10,12H,3,8-9,11,18H2,(H,19,20,21). The fourth-order valence-electron chi connectivity index (χ4n) is 3.04. The topological polar surface area (TPSA) is 119 Å². The van der Waals surface area contributed by atoms with E-state index in [2.05, 4.69) is 20.4 Å². The summed E-state index contributed by atoms with van der Waals surface area (Å²) < 4.78 is 27.3. The van der Waals surface area contributed by atoms with Gasteiger partial charge in [-0.25, -0.2) is 23.1 Å². The molecule has 0 aliphatic carbocycles. The van der Waals surface area contributed by atoms with Crippen LogP contribution in [0.2, 0.25) is 0 Å². The molecule has 9 nitrogen and oxygen atoms in total. The molecule has 0 spiro atoms. The van der Waals surface area contributed by atoms with Gasteiger partial charge in [-0.1, -0.05) is 12.1 Å². The summed E-state index contributed by atoms with van der Waals surface area (Å²) in [5.74, 6) is 1.19. The van der Waals surface area contributed by atoms with Crippen LogP contribution in [0, 0.1) is 0 Å². The summed E-state index contributed by atoms with van der Waals surface area (Å²) in [6, 6.07) is 9.22. The monoisotopic (exact) mass is 385 g/mol. The fraction of sp³-hybridized carbons (Fsp3) is 0.235. The highest BCUT2D eigenvalue weighted by atomic mass is 32.2. The predicted octanol–water partition coefficient (Wildman–Crippen LogP) is 1.40. The van der Waals surface area contributed by atoms with Gasteiger partial charge in [0.1, 0.15) is 12.0 Å². The molecule has 140 valence electrons. The van der Waals surface area contributed by atoms with Gasteiger partial charge in [-0.15, -0.1) is 0 Å². The van der Waals surface area contributed by atoms with E-state index in [1.54, 1.807) is 29.2 Å². The third-order valence-electron chi connectivity index (χ3n) is 4.34. The molecule has 27 heavy (non-hydrogen) atoms. The molecule has 1 saturated heterocycles. The van der Waals surface area contributed by atoms with E-state index >= 15 is 0 Å². The number of nitrogens with one attached hydrogen (secondary N) is 1. The molecule has 1 aliphatic heterocycles. The lowest BCUT2D eigenvalue weighted by molar-refractivity contribution is 0.599. The van der Waals surface area contributed by atoms with Crippen molar-refractivity contribution in [2.75, 3.05) is 27.7 Å². The van der Waals surface area contributed by atoms with Crippen molar-refractivity contribution in [1.82, 2.24) is 19.7 Å². The van der Waals surface area contributed by atoms with Gasteiger partial charge < -0.3 is 11.1 Å². The quantitative estimate of drug-likeness (QED) is 0.681. The van der Waals surface area contributed by atoms with Crippen molar-refractivity contribution in [1.29, 1.82) is 0 Å². The number of sulfonamides is 1. The van der Waals surface area contributed by atoms with Gasteiger partial charge in [0.05, 0.1) is 11.4 Å². The molecule has 1 aromatic carbocycles. The smallest absolute Gasteiger partial charge is 0.235 e. The lowest BCUT2D eigenvalue weighted by Gasteiger charge is -2.18. The van der Waals surface area contributed by atoms with Crippen molar-refractivity contribution in [3.63, 3.8) is 0 Å². The van der Waals surface area contributed by atoms with Crippen LogP contribution in [0.1, 0.15) is 12.0 Å². The highest BCUT2D eigenvalue weighted by Crippen LogP contribution is 2.26. The summed E-state index contributed by atoms with van der Waals surface area (Å²) in [6.07, 6.45) is 5.47. The van der Waals surface area contributed by atoms with Crippen molar-refractivity contribution >= 4 is 27.2 Å². The Morgan fingerprint density at radius 1 is 1.22 bits per heavy atom. The van der Waals surface area contributed by atoms with Gasteiger partial charge in [-0.2, -0.15) is 5.10 Å². The van der Waals surface area contributed by atoms with Crippen LogP contribution in [0.4, 0.5) is 17.2 Å². The Balaban J connectivity index is 1.53. The van der Waals surface area contributed by atoms with E-state index in [0.717, 1.165) is 5.56 Å². The van der Waals surface area contributed by atoms with Crippen molar-refractivity contribution in [3.8, 4) is 5.82 Å². The molecule has 1 aliphatic rings. The second-order valence-corrected chi connectivity index (χ2v) is 8.19. The molecule has 0 saturated carbocycles. The number of nitrogens with zero attached hydrogens (tertiary/aromatic N) is 5.